The summed E-state index contributed by atoms with van der Waals surface area (Å²) in [6.07, 6.45) is 0. The van der Waals surface area contributed by atoms with Crippen LogP contribution in [0.5, 0.6) is 5.75 Å². The number of aromatic nitrogens is 3. The first-order valence-corrected chi connectivity index (χ1v) is 15.6. The fourth-order valence-electron chi connectivity index (χ4n) is 4.10. The molecule has 13 heteroatoms. The number of hydrogen-bond donors (Lipinski definition) is 2. The Bertz CT molecular complexity index is 1600. The number of methoxy groups -OCH3 is 1. The van der Waals surface area contributed by atoms with Crippen molar-refractivity contribution < 1.29 is 22.7 Å². The van der Waals surface area contributed by atoms with Crippen molar-refractivity contribution in [3.05, 3.63) is 90.3 Å². The fraction of sp³-hybridized carbons (Fsp3) is 0.241. The predicted molar refractivity (Wildman–Crippen MR) is 161 cm³/mol. The van der Waals surface area contributed by atoms with Crippen LogP contribution in [0.2, 0.25) is 0 Å². The number of carbonyl (C=O) groups excluding carboxylic acids is 2. The minimum Gasteiger partial charge on any atom is -0.497 e. The second-order valence-electron chi connectivity index (χ2n) is 8.93. The molecule has 0 aliphatic heterocycles. The topological polar surface area (TPSA) is 136 Å². The summed E-state index contributed by atoms with van der Waals surface area (Å²) >= 11 is 1.22. The lowest BCUT2D eigenvalue weighted by molar-refractivity contribution is -0.113. The number of anilines is 1. The molecule has 0 radical (unpaired) electrons. The summed E-state index contributed by atoms with van der Waals surface area (Å²) in [6.45, 7) is 4.32. The second-order valence-corrected chi connectivity index (χ2v) is 11.8. The van der Waals surface area contributed by atoms with Crippen molar-refractivity contribution in [1.82, 2.24) is 24.4 Å². The van der Waals surface area contributed by atoms with Gasteiger partial charge < -0.3 is 15.4 Å². The summed E-state index contributed by atoms with van der Waals surface area (Å²) in [6, 6.07) is 22.3. The molecule has 2 N–H and O–H groups in total. The van der Waals surface area contributed by atoms with Crippen LogP contribution < -0.4 is 15.4 Å². The van der Waals surface area contributed by atoms with Crippen molar-refractivity contribution >= 4 is 39.3 Å². The van der Waals surface area contributed by atoms with Crippen molar-refractivity contribution in [1.29, 1.82) is 0 Å². The van der Waals surface area contributed by atoms with E-state index in [9.17, 15) is 18.0 Å². The van der Waals surface area contributed by atoms with Crippen molar-refractivity contribution in [3.8, 4) is 11.4 Å². The van der Waals surface area contributed by atoms with E-state index in [4.69, 9.17) is 4.74 Å². The molecule has 0 fully saturated rings. The molecule has 4 aromatic rings. The molecule has 220 valence electrons. The zero-order valence-electron chi connectivity index (χ0n) is 23.5. The normalized spacial score (nSPS) is 11.3. The van der Waals surface area contributed by atoms with Gasteiger partial charge in [0.05, 0.1) is 24.3 Å². The van der Waals surface area contributed by atoms with Gasteiger partial charge in [-0.05, 0) is 60.7 Å². The quantitative estimate of drug-likeness (QED) is 0.218. The van der Waals surface area contributed by atoms with E-state index in [1.807, 2.05) is 30.3 Å². The summed E-state index contributed by atoms with van der Waals surface area (Å²) in [5, 5.41) is 14.7. The minimum absolute atomic E-state index is 0.0544. The number of nitrogens with zero attached hydrogens (tertiary/aromatic N) is 4. The van der Waals surface area contributed by atoms with Crippen LogP contribution in [0, 0.1) is 0 Å². The third-order valence-corrected chi connectivity index (χ3v) is 9.28. The molecule has 3 aromatic carbocycles. The van der Waals surface area contributed by atoms with Gasteiger partial charge in [0.2, 0.25) is 15.9 Å². The summed E-state index contributed by atoms with van der Waals surface area (Å²) < 4.78 is 33.8. The van der Waals surface area contributed by atoms with Crippen LogP contribution in [0.3, 0.4) is 0 Å². The summed E-state index contributed by atoms with van der Waals surface area (Å²) in [7, 11) is -2.04. The van der Waals surface area contributed by atoms with E-state index in [2.05, 4.69) is 20.8 Å². The summed E-state index contributed by atoms with van der Waals surface area (Å²) in [5.74, 6) is 0.643. The van der Waals surface area contributed by atoms with Gasteiger partial charge in [-0.1, -0.05) is 43.8 Å². The average Bonchev–Trinajstić information content (AvgIpc) is 3.43. The Balaban J connectivity index is 1.44. The van der Waals surface area contributed by atoms with E-state index < -0.39 is 15.9 Å². The standard InChI is InChI=1S/C29H32N6O5S2/c1-4-34(5-2)42(38,39)25-17-11-21(12-18-25)28(37)30-19-26-32-33-29(35(26)23-9-7-6-8-10-23)41-20-27(36)31-22-13-15-24(40-3)16-14-22/h6-18H,4-5,19-20H2,1-3H3,(H,30,37)(H,31,36). The van der Waals surface area contributed by atoms with Gasteiger partial charge in [-0.25, -0.2) is 8.42 Å². The molecule has 0 spiro atoms. The molecule has 0 saturated carbocycles. The molecule has 0 bridgehead atoms. The van der Waals surface area contributed by atoms with Gasteiger partial charge in [0, 0.05) is 30.0 Å². The van der Waals surface area contributed by atoms with E-state index in [1.54, 1.807) is 49.8 Å². The van der Waals surface area contributed by atoms with Crippen molar-refractivity contribution in [3.63, 3.8) is 0 Å². The highest BCUT2D eigenvalue weighted by molar-refractivity contribution is 7.99. The van der Waals surface area contributed by atoms with Crippen molar-refractivity contribution in [2.75, 3.05) is 31.3 Å². The predicted octanol–water partition coefficient (Wildman–Crippen LogP) is 3.97. The molecule has 2 amide bonds. The number of amides is 2. The van der Waals surface area contributed by atoms with Crippen molar-refractivity contribution in [2.45, 2.75) is 30.4 Å². The Morgan fingerprint density at radius 2 is 1.60 bits per heavy atom. The lowest BCUT2D eigenvalue weighted by atomic mass is 10.2. The lowest BCUT2D eigenvalue weighted by Gasteiger charge is -2.18. The summed E-state index contributed by atoms with van der Waals surface area (Å²) in [4.78, 5) is 25.6. The van der Waals surface area contributed by atoms with Crippen molar-refractivity contribution in [2.24, 2.45) is 0 Å². The lowest BCUT2D eigenvalue weighted by Crippen LogP contribution is -2.30. The van der Waals surface area contributed by atoms with Crippen LogP contribution in [-0.2, 0) is 21.4 Å². The Morgan fingerprint density at radius 3 is 2.21 bits per heavy atom. The second kappa shape index (κ2) is 14.1. The molecule has 0 unspecified atom stereocenters. The van der Waals surface area contributed by atoms with Gasteiger partial charge >= 0.3 is 0 Å². The third kappa shape index (κ3) is 7.35. The van der Waals surface area contributed by atoms with Crippen LogP contribution in [0.1, 0.15) is 30.0 Å². The first kappa shape index (κ1) is 30.8. The highest BCUT2D eigenvalue weighted by Gasteiger charge is 2.22. The molecule has 42 heavy (non-hydrogen) atoms. The minimum atomic E-state index is -3.62. The largest absolute Gasteiger partial charge is 0.497 e. The molecule has 0 aliphatic carbocycles. The number of benzene rings is 3. The maximum absolute atomic E-state index is 12.9. The Labute approximate surface area is 249 Å². The zero-order chi connectivity index (χ0) is 30.1. The Kier molecular flexibility index (Phi) is 10.3. The monoisotopic (exact) mass is 608 g/mol. The Hall–Kier alpha value is -4.20. The maximum atomic E-state index is 12.9. The molecule has 0 saturated heterocycles. The average molecular weight is 609 g/mol. The van der Waals surface area contributed by atoms with Gasteiger partial charge in [-0.3, -0.25) is 14.2 Å². The molecule has 0 atom stereocenters. The van der Waals surface area contributed by atoms with E-state index in [1.165, 1.54) is 40.3 Å². The van der Waals surface area contributed by atoms with Gasteiger partial charge in [0.15, 0.2) is 11.0 Å². The number of carbonyl (C=O) groups is 2. The molecule has 1 heterocycles. The van der Waals surface area contributed by atoms with E-state index in [0.29, 0.717) is 41.1 Å². The van der Waals surface area contributed by atoms with Crippen LogP contribution in [0.25, 0.3) is 5.69 Å². The molecular weight excluding hydrogens is 576 g/mol. The van der Waals surface area contributed by atoms with Gasteiger partial charge in [-0.2, -0.15) is 4.31 Å². The van der Waals surface area contributed by atoms with Gasteiger partial charge in [-0.15, -0.1) is 10.2 Å². The fourth-order valence-corrected chi connectivity index (χ4v) is 6.33. The number of para-hydroxylation sites is 1. The molecule has 1 aromatic heterocycles. The number of ether oxygens (including phenoxy) is 1. The van der Waals surface area contributed by atoms with Crippen LogP contribution in [0.4, 0.5) is 5.69 Å². The summed E-state index contributed by atoms with van der Waals surface area (Å²) in [5.41, 5.74) is 1.73. The Morgan fingerprint density at radius 1 is 0.929 bits per heavy atom. The van der Waals surface area contributed by atoms with E-state index in [0.717, 1.165) is 5.69 Å². The molecule has 0 aliphatic rings. The first-order valence-electron chi connectivity index (χ1n) is 13.2. The van der Waals surface area contributed by atoms with Gasteiger partial charge in [0.25, 0.3) is 5.91 Å². The first-order chi connectivity index (χ1) is 20.3. The highest BCUT2D eigenvalue weighted by atomic mass is 32.2. The van der Waals surface area contributed by atoms with E-state index in [-0.39, 0.29) is 23.1 Å². The molecular formula is C29H32N6O5S2. The zero-order valence-corrected chi connectivity index (χ0v) is 25.1. The number of hydrogen-bond acceptors (Lipinski definition) is 8. The number of sulfonamides is 1. The number of nitrogens with one attached hydrogen (secondary N) is 2. The van der Waals surface area contributed by atoms with Crippen LogP contribution >= 0.6 is 11.8 Å². The SMILES string of the molecule is CCN(CC)S(=O)(=O)c1ccc(C(=O)NCc2nnc(SCC(=O)Nc3ccc(OC)cc3)n2-c2ccccc2)cc1. The molecule has 11 nitrogen and oxygen atoms in total. The van der Waals surface area contributed by atoms with Crippen LogP contribution in [0.15, 0.2) is 88.9 Å². The number of thioether (sulfide) groups is 1. The van der Waals surface area contributed by atoms with E-state index >= 15 is 0 Å². The third-order valence-electron chi connectivity index (χ3n) is 6.29. The van der Waals surface area contributed by atoms with Gasteiger partial charge in [0.1, 0.15) is 5.75 Å². The van der Waals surface area contributed by atoms with Crippen LogP contribution in [-0.4, -0.2) is 65.3 Å². The smallest absolute Gasteiger partial charge is 0.251 e. The molecule has 4 rings (SSSR count). The number of rotatable bonds is 13. The highest BCUT2D eigenvalue weighted by Crippen LogP contribution is 2.23. The maximum Gasteiger partial charge on any atom is 0.251 e.